The summed E-state index contributed by atoms with van der Waals surface area (Å²) in [5, 5.41) is 0. The van der Waals surface area contributed by atoms with Gasteiger partial charge >= 0.3 is 0 Å². The van der Waals surface area contributed by atoms with Crippen molar-refractivity contribution in [2.75, 3.05) is 0 Å². The van der Waals surface area contributed by atoms with Crippen LogP contribution in [0.2, 0.25) is 0 Å². The van der Waals surface area contributed by atoms with E-state index >= 15 is 0 Å². The van der Waals surface area contributed by atoms with Crippen molar-refractivity contribution in [1.29, 1.82) is 0 Å². The van der Waals surface area contributed by atoms with Gasteiger partial charge in [0.15, 0.2) is 0 Å². The van der Waals surface area contributed by atoms with E-state index in [1.165, 1.54) is 61.2 Å². The zero-order valence-electron chi connectivity index (χ0n) is 16.0. The van der Waals surface area contributed by atoms with Gasteiger partial charge in [0.1, 0.15) is 0 Å². The molecule has 4 aromatic rings. The summed E-state index contributed by atoms with van der Waals surface area (Å²) in [6.07, 6.45) is 3.22. The van der Waals surface area contributed by atoms with Gasteiger partial charge in [0.25, 0.3) is 0 Å². The summed E-state index contributed by atoms with van der Waals surface area (Å²) in [5.74, 6) is 0. The van der Waals surface area contributed by atoms with Gasteiger partial charge in [-0.15, -0.1) is 0 Å². The van der Waals surface area contributed by atoms with Crippen LogP contribution < -0.4 is 0 Å². The lowest BCUT2D eigenvalue weighted by Gasteiger charge is -2.15. The SMILES string of the molecule is Cc1cc2c(c3c1Cc1ccccc1-3)-c1c(ccc3c1Cc1ccccc1-3)C2. The van der Waals surface area contributed by atoms with Gasteiger partial charge in [-0.3, -0.25) is 0 Å². The van der Waals surface area contributed by atoms with Gasteiger partial charge in [-0.25, -0.2) is 0 Å². The van der Waals surface area contributed by atoms with Gasteiger partial charge in [-0.05, 0) is 98.5 Å². The highest BCUT2D eigenvalue weighted by molar-refractivity contribution is 5.99. The van der Waals surface area contributed by atoms with E-state index in [1.807, 2.05) is 0 Å². The lowest BCUT2D eigenvalue weighted by atomic mass is 9.88. The molecular formula is C28H20. The molecule has 0 heterocycles. The lowest BCUT2D eigenvalue weighted by Crippen LogP contribution is -1.94. The van der Waals surface area contributed by atoms with Gasteiger partial charge in [0.2, 0.25) is 0 Å². The van der Waals surface area contributed by atoms with E-state index < -0.39 is 0 Å². The second-order valence-corrected chi connectivity index (χ2v) is 8.55. The number of hydrogen-bond donors (Lipinski definition) is 0. The normalized spacial score (nSPS) is 14.2. The van der Waals surface area contributed by atoms with Crippen LogP contribution in [0.4, 0.5) is 0 Å². The molecule has 0 heteroatoms. The van der Waals surface area contributed by atoms with Crippen molar-refractivity contribution in [3.8, 4) is 33.4 Å². The quantitative estimate of drug-likeness (QED) is 0.283. The molecular weight excluding hydrogens is 336 g/mol. The Bertz CT molecular complexity index is 1340. The van der Waals surface area contributed by atoms with E-state index in [1.54, 1.807) is 11.1 Å². The minimum Gasteiger partial charge on any atom is -0.0619 e. The predicted molar refractivity (Wildman–Crippen MR) is 116 cm³/mol. The highest BCUT2D eigenvalue weighted by atomic mass is 14.4. The molecule has 0 aromatic heterocycles. The van der Waals surface area contributed by atoms with Crippen molar-refractivity contribution < 1.29 is 0 Å². The molecule has 3 aliphatic carbocycles. The summed E-state index contributed by atoms with van der Waals surface area (Å²) in [7, 11) is 0. The minimum absolute atomic E-state index is 1.07. The van der Waals surface area contributed by atoms with Crippen LogP contribution in [-0.4, -0.2) is 0 Å². The molecule has 0 radical (unpaired) electrons. The van der Waals surface area contributed by atoms with E-state index in [-0.39, 0.29) is 0 Å². The first-order valence-corrected chi connectivity index (χ1v) is 10.3. The highest BCUT2D eigenvalue weighted by Crippen LogP contribution is 2.54. The zero-order chi connectivity index (χ0) is 18.4. The Kier molecular flexibility index (Phi) is 2.67. The maximum Gasteiger partial charge on any atom is -0.000718 e. The molecule has 0 nitrogen and oxygen atoms in total. The topological polar surface area (TPSA) is 0 Å². The van der Waals surface area contributed by atoms with E-state index in [4.69, 9.17) is 0 Å². The van der Waals surface area contributed by atoms with Crippen molar-refractivity contribution in [3.05, 3.63) is 106 Å². The van der Waals surface area contributed by atoms with Crippen molar-refractivity contribution in [3.63, 3.8) is 0 Å². The fraction of sp³-hybridized carbons (Fsp3) is 0.143. The largest absolute Gasteiger partial charge is 0.0619 e. The first kappa shape index (κ1) is 14.9. The molecule has 0 fully saturated rings. The first-order chi connectivity index (χ1) is 13.8. The van der Waals surface area contributed by atoms with Crippen molar-refractivity contribution >= 4 is 0 Å². The summed E-state index contributed by atoms with van der Waals surface area (Å²) in [6.45, 7) is 2.30. The van der Waals surface area contributed by atoms with Gasteiger partial charge in [-0.2, -0.15) is 0 Å². The third-order valence-electron chi connectivity index (χ3n) is 7.10. The average molecular weight is 356 g/mol. The summed E-state index contributed by atoms with van der Waals surface area (Å²) in [5.41, 5.74) is 19.5. The summed E-state index contributed by atoms with van der Waals surface area (Å²) < 4.78 is 0. The monoisotopic (exact) mass is 356 g/mol. The summed E-state index contributed by atoms with van der Waals surface area (Å²) in [4.78, 5) is 0. The maximum absolute atomic E-state index is 2.47. The van der Waals surface area contributed by atoms with Crippen LogP contribution in [0.15, 0.2) is 66.7 Å². The molecule has 4 aromatic carbocycles. The van der Waals surface area contributed by atoms with Crippen LogP contribution in [0.3, 0.4) is 0 Å². The van der Waals surface area contributed by atoms with Gasteiger partial charge < -0.3 is 0 Å². The maximum atomic E-state index is 2.47. The van der Waals surface area contributed by atoms with Crippen molar-refractivity contribution in [2.45, 2.75) is 26.2 Å². The number of hydrogen-bond acceptors (Lipinski definition) is 0. The Morgan fingerprint density at radius 3 is 2.07 bits per heavy atom. The Balaban J connectivity index is 1.57. The van der Waals surface area contributed by atoms with Crippen LogP contribution in [0, 0.1) is 6.92 Å². The number of fused-ring (bicyclic) bond motifs is 11. The number of benzene rings is 4. The Morgan fingerprint density at radius 1 is 0.500 bits per heavy atom. The smallest absolute Gasteiger partial charge is 0.000718 e. The minimum atomic E-state index is 1.07. The average Bonchev–Trinajstić information content (AvgIpc) is 3.38. The number of aryl methyl sites for hydroxylation is 1. The van der Waals surface area contributed by atoms with Gasteiger partial charge in [0, 0.05) is 0 Å². The molecule has 0 saturated carbocycles. The molecule has 3 aliphatic rings. The van der Waals surface area contributed by atoms with Crippen molar-refractivity contribution in [2.24, 2.45) is 0 Å². The summed E-state index contributed by atoms with van der Waals surface area (Å²) >= 11 is 0. The van der Waals surface area contributed by atoms with Gasteiger partial charge in [-0.1, -0.05) is 66.7 Å². The van der Waals surface area contributed by atoms with Gasteiger partial charge in [0.05, 0.1) is 0 Å². The molecule has 0 amide bonds. The molecule has 0 bridgehead atoms. The van der Waals surface area contributed by atoms with E-state index in [0.717, 1.165) is 19.3 Å². The second kappa shape index (κ2) is 5.02. The zero-order valence-corrected chi connectivity index (χ0v) is 16.0. The van der Waals surface area contributed by atoms with Crippen LogP contribution in [-0.2, 0) is 19.3 Å². The van der Waals surface area contributed by atoms with Crippen LogP contribution in [0.25, 0.3) is 33.4 Å². The Morgan fingerprint density at radius 2 is 1.21 bits per heavy atom. The molecule has 132 valence electrons. The molecule has 0 N–H and O–H groups in total. The standard InChI is InChI=1S/C28H20/c1-16-12-20-13-19-10-11-23-21-8-4-2-6-17(21)15-25(23)26(19)27(20)28-22-9-5-3-7-18(22)14-24(16)28/h2-12H,13-15H2,1H3. The molecule has 0 unspecified atom stereocenters. The van der Waals surface area contributed by atoms with E-state index in [2.05, 4.69) is 73.7 Å². The van der Waals surface area contributed by atoms with Crippen molar-refractivity contribution in [1.82, 2.24) is 0 Å². The fourth-order valence-electron chi connectivity index (χ4n) is 5.91. The molecule has 28 heavy (non-hydrogen) atoms. The third kappa shape index (κ3) is 1.72. The predicted octanol–water partition coefficient (Wildman–Crippen LogP) is 6.71. The third-order valence-corrected chi connectivity index (χ3v) is 7.10. The van der Waals surface area contributed by atoms with Crippen LogP contribution in [0.5, 0.6) is 0 Å². The second-order valence-electron chi connectivity index (χ2n) is 8.55. The molecule has 7 rings (SSSR count). The molecule has 0 atom stereocenters. The lowest BCUT2D eigenvalue weighted by molar-refractivity contribution is 1.19. The van der Waals surface area contributed by atoms with Crippen LogP contribution in [0.1, 0.15) is 38.9 Å². The highest BCUT2D eigenvalue weighted by Gasteiger charge is 2.33. The summed E-state index contributed by atoms with van der Waals surface area (Å²) in [6, 6.07) is 25.2. The van der Waals surface area contributed by atoms with E-state index in [0.29, 0.717) is 0 Å². The molecule has 0 spiro atoms. The molecule has 0 aliphatic heterocycles. The number of rotatable bonds is 0. The first-order valence-electron chi connectivity index (χ1n) is 10.3. The Labute approximate surface area is 165 Å². The molecule has 0 saturated heterocycles. The fourth-order valence-corrected chi connectivity index (χ4v) is 5.91. The van der Waals surface area contributed by atoms with Crippen LogP contribution >= 0.6 is 0 Å². The van der Waals surface area contributed by atoms with E-state index in [9.17, 15) is 0 Å². The Hall–Kier alpha value is -3.12.